The summed E-state index contributed by atoms with van der Waals surface area (Å²) >= 11 is 0. The molecular weight excluding hydrogens is 376 g/mol. The molecule has 28 heavy (non-hydrogen) atoms. The summed E-state index contributed by atoms with van der Waals surface area (Å²) in [5.74, 6) is -0.272. The van der Waals surface area contributed by atoms with Gasteiger partial charge in [-0.15, -0.1) is 0 Å². The largest absolute Gasteiger partial charge is 0.368 e. The minimum absolute atomic E-state index is 0.208. The summed E-state index contributed by atoms with van der Waals surface area (Å²) in [5.41, 5.74) is 7.22. The molecule has 2 aliphatic rings. The fourth-order valence-corrected chi connectivity index (χ4v) is 6.25. The third-order valence-corrected chi connectivity index (χ3v) is 8.02. The number of amides is 1. The molecule has 2 fully saturated rings. The molecule has 8 heteroatoms. The van der Waals surface area contributed by atoms with Crippen LogP contribution in [0.25, 0.3) is 10.9 Å². The van der Waals surface area contributed by atoms with Gasteiger partial charge in [-0.05, 0) is 62.9 Å². The summed E-state index contributed by atoms with van der Waals surface area (Å²) in [6.45, 7) is 3.69. The highest BCUT2D eigenvalue weighted by Gasteiger charge is 2.38. The van der Waals surface area contributed by atoms with Gasteiger partial charge < -0.3 is 5.73 Å². The first-order valence-electron chi connectivity index (χ1n) is 9.79. The van der Waals surface area contributed by atoms with Gasteiger partial charge in [-0.25, -0.2) is 8.42 Å². The van der Waals surface area contributed by atoms with E-state index in [4.69, 9.17) is 5.73 Å². The van der Waals surface area contributed by atoms with Crippen LogP contribution < -0.4 is 5.73 Å². The van der Waals surface area contributed by atoms with Crippen molar-refractivity contribution in [1.29, 1.82) is 0 Å². The van der Waals surface area contributed by atoms with E-state index < -0.39 is 10.0 Å². The lowest BCUT2D eigenvalue weighted by molar-refractivity contribution is -0.123. The van der Waals surface area contributed by atoms with E-state index >= 15 is 0 Å². The highest BCUT2D eigenvalue weighted by molar-refractivity contribution is 7.89. The first-order chi connectivity index (χ1) is 13.4. The van der Waals surface area contributed by atoms with E-state index in [2.05, 4.69) is 9.88 Å². The maximum Gasteiger partial charge on any atom is 0.243 e. The summed E-state index contributed by atoms with van der Waals surface area (Å²) in [6, 6.07) is 7.09. The quantitative estimate of drug-likeness (QED) is 0.839. The molecule has 2 aromatic rings. The molecule has 2 aliphatic heterocycles. The monoisotopic (exact) mass is 402 g/mol. The average Bonchev–Trinajstić information content (AvgIpc) is 3.19. The first kappa shape index (κ1) is 19.3. The number of likely N-dealkylation sites (tertiary alicyclic amines) is 1. The third kappa shape index (κ3) is 3.29. The lowest BCUT2D eigenvalue weighted by atomic mass is 10.0. The van der Waals surface area contributed by atoms with Crippen molar-refractivity contribution in [2.75, 3.05) is 19.6 Å². The molecule has 0 bridgehead atoms. The molecule has 1 unspecified atom stereocenters. The molecule has 0 radical (unpaired) electrons. The molecule has 1 amide bonds. The summed E-state index contributed by atoms with van der Waals surface area (Å²) in [5, 5.41) is 0.665. The van der Waals surface area contributed by atoms with Gasteiger partial charge in [0.2, 0.25) is 15.9 Å². The molecule has 4 rings (SSSR count). The number of nitrogens with two attached hydrogens (primary N) is 1. The van der Waals surface area contributed by atoms with Crippen molar-refractivity contribution in [3.63, 3.8) is 0 Å². The zero-order valence-electron chi connectivity index (χ0n) is 16.0. The molecule has 7 nitrogen and oxygen atoms in total. The number of carbonyl (C=O) groups is 1. The number of nitrogens with zero attached hydrogens (tertiary/aromatic N) is 3. The highest BCUT2D eigenvalue weighted by Crippen LogP contribution is 2.31. The van der Waals surface area contributed by atoms with Crippen LogP contribution in [0.2, 0.25) is 0 Å². The minimum Gasteiger partial charge on any atom is -0.368 e. The first-order valence-corrected chi connectivity index (χ1v) is 11.2. The Balaban J connectivity index is 1.55. The van der Waals surface area contributed by atoms with Gasteiger partial charge in [-0.1, -0.05) is 6.07 Å². The number of hydrogen-bond donors (Lipinski definition) is 1. The number of piperidine rings is 1. The van der Waals surface area contributed by atoms with Crippen molar-refractivity contribution >= 4 is 26.8 Å². The maximum atomic E-state index is 13.3. The van der Waals surface area contributed by atoms with E-state index in [1.165, 1.54) is 0 Å². The van der Waals surface area contributed by atoms with Gasteiger partial charge in [0.05, 0.1) is 16.5 Å². The van der Waals surface area contributed by atoms with E-state index in [0.717, 1.165) is 30.5 Å². The van der Waals surface area contributed by atoms with Gasteiger partial charge in [-0.2, -0.15) is 4.31 Å². The molecule has 1 atom stereocenters. The zero-order chi connectivity index (χ0) is 19.9. The van der Waals surface area contributed by atoms with Crippen molar-refractivity contribution in [1.82, 2.24) is 14.2 Å². The van der Waals surface area contributed by atoms with Crippen molar-refractivity contribution < 1.29 is 13.2 Å². The number of rotatable bonds is 4. The molecule has 2 N–H and O–H groups in total. The SMILES string of the molecule is Cc1ccc(S(=O)(=O)N2CCC(N3CCCC3C(N)=O)CC2)c2cccnc12. The predicted molar refractivity (Wildman–Crippen MR) is 107 cm³/mol. The Hall–Kier alpha value is -2.03. The molecule has 150 valence electrons. The lowest BCUT2D eigenvalue weighted by Crippen LogP contribution is -2.51. The van der Waals surface area contributed by atoms with Gasteiger partial charge in [0.15, 0.2) is 0 Å². The van der Waals surface area contributed by atoms with Gasteiger partial charge in [0.1, 0.15) is 0 Å². The van der Waals surface area contributed by atoms with Crippen LogP contribution in [0.1, 0.15) is 31.2 Å². The Bertz CT molecular complexity index is 1000. The fourth-order valence-electron chi connectivity index (χ4n) is 4.60. The molecule has 1 aromatic heterocycles. The standard InChI is InChI=1S/C20H26N4O3S/c1-14-6-7-18(16-4-2-10-22-19(14)16)28(26,27)23-12-8-15(9-13-23)24-11-3-5-17(24)20(21)25/h2,4,6-7,10,15,17H,3,5,8-9,11-13H2,1H3,(H2,21,25). The normalized spacial score (nSPS) is 22.7. The molecule has 0 saturated carbocycles. The van der Waals surface area contributed by atoms with Crippen LogP contribution in [0.4, 0.5) is 0 Å². The van der Waals surface area contributed by atoms with E-state index in [9.17, 15) is 13.2 Å². The fraction of sp³-hybridized carbons (Fsp3) is 0.500. The summed E-state index contributed by atoms with van der Waals surface area (Å²) in [6.07, 6.45) is 4.88. The molecule has 0 aliphatic carbocycles. The van der Waals surface area contributed by atoms with Crippen LogP contribution in [-0.2, 0) is 14.8 Å². The summed E-state index contributed by atoms with van der Waals surface area (Å²) in [4.78, 5) is 18.5. The van der Waals surface area contributed by atoms with Crippen LogP contribution in [0.5, 0.6) is 0 Å². The van der Waals surface area contributed by atoms with E-state index in [-0.39, 0.29) is 18.0 Å². The van der Waals surface area contributed by atoms with Crippen LogP contribution in [0.15, 0.2) is 35.4 Å². The van der Waals surface area contributed by atoms with Crippen LogP contribution in [0.3, 0.4) is 0 Å². The Morgan fingerprint density at radius 3 is 2.61 bits per heavy atom. The van der Waals surface area contributed by atoms with E-state index in [0.29, 0.717) is 36.2 Å². The van der Waals surface area contributed by atoms with E-state index in [1.807, 2.05) is 19.1 Å². The van der Waals surface area contributed by atoms with Crippen LogP contribution in [-0.4, -0.2) is 60.2 Å². The van der Waals surface area contributed by atoms with Crippen molar-refractivity contribution in [2.24, 2.45) is 5.73 Å². The second kappa shape index (κ2) is 7.42. The Labute approximate surface area is 165 Å². The molecule has 2 saturated heterocycles. The van der Waals surface area contributed by atoms with Gasteiger partial charge in [0.25, 0.3) is 0 Å². The molecule has 0 spiro atoms. The molecular formula is C20H26N4O3S. The number of hydrogen-bond acceptors (Lipinski definition) is 5. The molecule has 3 heterocycles. The Morgan fingerprint density at radius 1 is 1.14 bits per heavy atom. The van der Waals surface area contributed by atoms with Gasteiger partial charge in [0, 0.05) is 30.7 Å². The smallest absolute Gasteiger partial charge is 0.243 e. The number of carbonyl (C=O) groups excluding carboxylic acids is 1. The number of benzene rings is 1. The Kier molecular flexibility index (Phi) is 5.11. The number of aromatic nitrogens is 1. The topological polar surface area (TPSA) is 96.6 Å². The van der Waals surface area contributed by atoms with E-state index in [1.54, 1.807) is 22.6 Å². The van der Waals surface area contributed by atoms with Gasteiger partial charge in [-0.3, -0.25) is 14.7 Å². The van der Waals surface area contributed by atoms with Gasteiger partial charge >= 0.3 is 0 Å². The van der Waals surface area contributed by atoms with Crippen LogP contribution in [0, 0.1) is 6.92 Å². The van der Waals surface area contributed by atoms with Crippen molar-refractivity contribution in [2.45, 2.75) is 49.6 Å². The number of aryl methyl sites for hydroxylation is 1. The second-order valence-electron chi connectivity index (χ2n) is 7.71. The Morgan fingerprint density at radius 2 is 1.89 bits per heavy atom. The number of sulfonamides is 1. The zero-order valence-corrected chi connectivity index (χ0v) is 16.9. The highest BCUT2D eigenvalue weighted by atomic mass is 32.2. The second-order valence-corrected chi connectivity index (χ2v) is 9.62. The number of primary amides is 1. The lowest BCUT2D eigenvalue weighted by Gasteiger charge is -2.38. The van der Waals surface area contributed by atoms with Crippen LogP contribution >= 0.6 is 0 Å². The average molecular weight is 403 g/mol. The molecule has 1 aromatic carbocycles. The third-order valence-electron chi connectivity index (χ3n) is 6.06. The number of pyridine rings is 1. The van der Waals surface area contributed by atoms with Crippen molar-refractivity contribution in [3.8, 4) is 0 Å². The number of fused-ring (bicyclic) bond motifs is 1. The summed E-state index contributed by atoms with van der Waals surface area (Å²) in [7, 11) is -3.60. The predicted octanol–water partition coefficient (Wildman–Crippen LogP) is 1.65. The minimum atomic E-state index is -3.60. The maximum absolute atomic E-state index is 13.3. The van der Waals surface area contributed by atoms with Crippen molar-refractivity contribution in [3.05, 3.63) is 36.0 Å². The summed E-state index contributed by atoms with van der Waals surface area (Å²) < 4.78 is 28.2.